The molecule has 0 fully saturated rings. The minimum atomic E-state index is -3.67. The molecule has 0 N–H and O–H groups in total. The topological polar surface area (TPSA) is 54.0 Å². The lowest BCUT2D eigenvalue weighted by Gasteiger charge is -2.30. The molecule has 0 radical (unpaired) electrons. The standard InChI is InChI=1S/C20H33BrO5P2/c1-14(2)23-27(24-15(3)4)20(13-18-10-9-11-19(21)12-18)28(22,25-16(5)6)26-17(7)8/h9-17H,1-8H3/b20-13+. The highest BCUT2D eigenvalue weighted by molar-refractivity contribution is 9.10. The van der Waals surface area contributed by atoms with Crippen molar-refractivity contribution >= 4 is 38.0 Å². The monoisotopic (exact) mass is 494 g/mol. The molecule has 1 rings (SSSR count). The van der Waals surface area contributed by atoms with Crippen molar-refractivity contribution in [2.24, 2.45) is 0 Å². The fourth-order valence-electron chi connectivity index (χ4n) is 2.18. The van der Waals surface area contributed by atoms with E-state index in [1.807, 2.05) is 85.7 Å². The second-order valence-corrected chi connectivity index (χ2v) is 12.0. The van der Waals surface area contributed by atoms with Gasteiger partial charge in [-0.2, -0.15) is 0 Å². The maximum absolute atomic E-state index is 14.0. The first kappa shape index (κ1) is 26.0. The zero-order valence-corrected chi connectivity index (χ0v) is 21.4. The van der Waals surface area contributed by atoms with Crippen LogP contribution in [0.4, 0.5) is 0 Å². The molecule has 1 aromatic carbocycles. The van der Waals surface area contributed by atoms with Crippen molar-refractivity contribution in [2.75, 3.05) is 0 Å². The van der Waals surface area contributed by atoms with Gasteiger partial charge in [-0.3, -0.25) is 4.57 Å². The van der Waals surface area contributed by atoms with Gasteiger partial charge in [-0.15, -0.1) is 0 Å². The van der Waals surface area contributed by atoms with Gasteiger partial charge >= 0.3 is 7.60 Å². The number of hydrogen-bond donors (Lipinski definition) is 0. The summed E-state index contributed by atoms with van der Waals surface area (Å²) in [6, 6.07) is 7.72. The van der Waals surface area contributed by atoms with Crippen molar-refractivity contribution in [1.29, 1.82) is 0 Å². The first-order chi connectivity index (χ1) is 12.9. The fraction of sp³-hybridized carbons (Fsp3) is 0.600. The summed E-state index contributed by atoms with van der Waals surface area (Å²) in [4.78, 5) is 0. The van der Waals surface area contributed by atoms with E-state index in [2.05, 4.69) is 15.9 Å². The van der Waals surface area contributed by atoms with E-state index in [0.717, 1.165) is 10.0 Å². The molecular formula is C20H33BrO5P2. The Kier molecular flexibility index (Phi) is 11.1. The zero-order valence-electron chi connectivity index (χ0n) is 18.0. The van der Waals surface area contributed by atoms with Crippen LogP contribution in [0.1, 0.15) is 61.0 Å². The van der Waals surface area contributed by atoms with Crippen LogP contribution in [-0.4, -0.2) is 24.4 Å². The second kappa shape index (κ2) is 12.0. The molecule has 0 heterocycles. The van der Waals surface area contributed by atoms with Crippen LogP contribution in [0.15, 0.2) is 33.8 Å². The van der Waals surface area contributed by atoms with Crippen molar-refractivity contribution in [3.05, 3.63) is 39.4 Å². The van der Waals surface area contributed by atoms with E-state index in [4.69, 9.17) is 18.1 Å². The Hall–Kier alpha value is -0.0600. The summed E-state index contributed by atoms with van der Waals surface area (Å²) in [6.45, 7) is 15.0. The Morgan fingerprint density at radius 2 is 1.43 bits per heavy atom. The van der Waals surface area contributed by atoms with Crippen LogP contribution in [0.25, 0.3) is 6.08 Å². The van der Waals surface area contributed by atoms with E-state index >= 15 is 0 Å². The van der Waals surface area contributed by atoms with E-state index in [9.17, 15) is 4.57 Å². The van der Waals surface area contributed by atoms with Crippen LogP contribution in [0.2, 0.25) is 0 Å². The zero-order chi connectivity index (χ0) is 21.5. The number of benzene rings is 1. The first-order valence-electron chi connectivity index (χ1n) is 9.51. The van der Waals surface area contributed by atoms with Gasteiger partial charge < -0.3 is 18.1 Å². The van der Waals surface area contributed by atoms with Gasteiger partial charge in [0.25, 0.3) is 0 Å². The average Bonchev–Trinajstić information content (AvgIpc) is 2.49. The van der Waals surface area contributed by atoms with Crippen LogP contribution in [-0.2, 0) is 22.7 Å². The number of halogens is 1. The van der Waals surface area contributed by atoms with Gasteiger partial charge in [0.1, 0.15) is 5.06 Å². The molecule has 1 aromatic rings. The molecule has 0 aliphatic rings. The molecule has 0 aliphatic heterocycles. The SMILES string of the molecule is CC(C)OP(OC(C)C)/C(=C\c1cccc(Br)c1)P(=O)(OC(C)C)OC(C)C. The molecule has 0 atom stereocenters. The first-order valence-corrected chi connectivity index (χ1v) is 13.0. The third-order valence-electron chi connectivity index (χ3n) is 2.92. The van der Waals surface area contributed by atoms with Crippen LogP contribution < -0.4 is 0 Å². The van der Waals surface area contributed by atoms with Crippen molar-refractivity contribution in [1.82, 2.24) is 0 Å². The smallest absolute Gasteiger partial charge is 0.328 e. The Morgan fingerprint density at radius 3 is 1.82 bits per heavy atom. The molecule has 8 heteroatoms. The minimum absolute atomic E-state index is 0.109. The summed E-state index contributed by atoms with van der Waals surface area (Å²) >= 11 is 3.48. The normalized spacial score (nSPS) is 13.6. The third-order valence-corrected chi connectivity index (χ3v) is 8.46. The molecule has 160 valence electrons. The van der Waals surface area contributed by atoms with Crippen molar-refractivity contribution in [3.8, 4) is 0 Å². The summed E-state index contributed by atoms with van der Waals surface area (Å²) in [5, 5.41) is 0.422. The van der Waals surface area contributed by atoms with Gasteiger partial charge in [-0.1, -0.05) is 28.1 Å². The lowest BCUT2D eigenvalue weighted by atomic mass is 10.2. The molecule has 5 nitrogen and oxygen atoms in total. The summed E-state index contributed by atoms with van der Waals surface area (Å²) in [7, 11) is -5.32. The Labute approximate surface area is 179 Å². The van der Waals surface area contributed by atoms with Crippen LogP contribution in [0, 0.1) is 0 Å². The average molecular weight is 495 g/mol. The molecule has 28 heavy (non-hydrogen) atoms. The maximum atomic E-state index is 14.0. The minimum Gasteiger partial charge on any atom is -0.328 e. The summed E-state index contributed by atoms with van der Waals surface area (Å²) in [5.74, 6) is 0. The van der Waals surface area contributed by atoms with E-state index in [0.29, 0.717) is 5.06 Å². The predicted octanol–water partition coefficient (Wildman–Crippen LogP) is 7.95. The van der Waals surface area contributed by atoms with Gasteiger partial charge in [0, 0.05) is 4.47 Å². The van der Waals surface area contributed by atoms with Gasteiger partial charge in [0.15, 0.2) is 0 Å². The van der Waals surface area contributed by atoms with E-state index in [1.165, 1.54) is 0 Å². The Balaban J connectivity index is 3.59. The van der Waals surface area contributed by atoms with Gasteiger partial charge in [-0.05, 0) is 79.2 Å². The summed E-state index contributed by atoms with van der Waals surface area (Å²) < 4.78 is 38.7. The Morgan fingerprint density at radius 1 is 0.929 bits per heavy atom. The lowest BCUT2D eigenvalue weighted by Crippen LogP contribution is -2.12. The molecular weight excluding hydrogens is 462 g/mol. The molecule has 0 unspecified atom stereocenters. The second-order valence-electron chi connectivity index (χ2n) is 7.43. The summed E-state index contributed by atoms with van der Waals surface area (Å²) in [6.07, 6.45) is 1.02. The fourth-order valence-corrected chi connectivity index (χ4v) is 6.93. The maximum Gasteiger partial charge on any atom is 0.366 e. The van der Waals surface area contributed by atoms with Gasteiger partial charge in [-0.25, -0.2) is 0 Å². The van der Waals surface area contributed by atoms with Crippen LogP contribution >= 0.6 is 31.9 Å². The molecule has 0 amide bonds. The quantitative estimate of drug-likeness (QED) is 0.292. The molecule has 0 saturated carbocycles. The van der Waals surface area contributed by atoms with E-state index < -0.39 is 16.0 Å². The van der Waals surface area contributed by atoms with Crippen LogP contribution in [0.3, 0.4) is 0 Å². The van der Waals surface area contributed by atoms with Crippen molar-refractivity contribution < 1.29 is 22.7 Å². The van der Waals surface area contributed by atoms with Crippen LogP contribution in [0.5, 0.6) is 0 Å². The molecule has 0 saturated heterocycles. The lowest BCUT2D eigenvalue weighted by molar-refractivity contribution is 0.146. The third kappa shape index (κ3) is 9.17. The van der Waals surface area contributed by atoms with E-state index in [1.54, 1.807) is 0 Å². The predicted molar refractivity (Wildman–Crippen MR) is 122 cm³/mol. The van der Waals surface area contributed by atoms with E-state index in [-0.39, 0.29) is 24.4 Å². The van der Waals surface area contributed by atoms with Gasteiger partial charge in [0.2, 0.25) is 8.38 Å². The summed E-state index contributed by atoms with van der Waals surface area (Å²) in [5.41, 5.74) is 0.858. The largest absolute Gasteiger partial charge is 0.366 e. The number of rotatable bonds is 11. The molecule has 0 aliphatic carbocycles. The molecule has 0 spiro atoms. The number of hydrogen-bond acceptors (Lipinski definition) is 5. The van der Waals surface area contributed by atoms with Crippen molar-refractivity contribution in [2.45, 2.75) is 79.8 Å². The highest BCUT2D eigenvalue weighted by Gasteiger charge is 2.40. The molecule has 0 aromatic heterocycles. The van der Waals surface area contributed by atoms with Crippen molar-refractivity contribution in [3.63, 3.8) is 0 Å². The Bertz CT molecular complexity index is 665. The molecule has 0 bridgehead atoms. The highest BCUT2D eigenvalue weighted by atomic mass is 79.9. The van der Waals surface area contributed by atoms with Gasteiger partial charge in [0.05, 0.1) is 24.4 Å². The highest BCUT2D eigenvalue weighted by Crippen LogP contribution is 2.71.